The van der Waals surface area contributed by atoms with Gasteiger partial charge in [0.15, 0.2) is 0 Å². The maximum atomic E-state index is 12.6. The molecule has 3 aliphatic rings. The number of thiazole rings is 1. The maximum absolute atomic E-state index is 12.6. The lowest BCUT2D eigenvalue weighted by molar-refractivity contribution is -0.137. The first kappa shape index (κ1) is 19.2. The van der Waals surface area contributed by atoms with Crippen LogP contribution in [0.3, 0.4) is 0 Å². The van der Waals surface area contributed by atoms with E-state index in [0.29, 0.717) is 34.6 Å². The third kappa shape index (κ3) is 3.86. The van der Waals surface area contributed by atoms with Gasteiger partial charge in [-0.15, -0.1) is 0 Å². The van der Waals surface area contributed by atoms with E-state index in [1.807, 2.05) is 0 Å². The fourth-order valence-electron chi connectivity index (χ4n) is 4.01. The summed E-state index contributed by atoms with van der Waals surface area (Å²) in [6.45, 7) is 4.34. The lowest BCUT2D eigenvalue weighted by Gasteiger charge is -2.49. The van der Waals surface area contributed by atoms with Crippen LogP contribution in [0.1, 0.15) is 35.1 Å². The number of carbonyl (C=O) groups excluding carboxylic acids is 1. The molecule has 0 radical (unpaired) electrons. The molecule has 150 valence electrons. The number of amides is 1. The molecule has 0 saturated carbocycles. The molecule has 1 aromatic heterocycles. The number of fused-ring (bicyclic) bond motifs is 3. The van der Waals surface area contributed by atoms with E-state index >= 15 is 0 Å². The lowest BCUT2D eigenvalue weighted by Crippen LogP contribution is -2.62. The number of carbonyl (C=O) groups is 1. The zero-order valence-electron chi connectivity index (χ0n) is 15.2. The molecule has 0 aliphatic carbocycles. The minimum absolute atomic E-state index is 0.0469. The van der Waals surface area contributed by atoms with Crippen LogP contribution in [0.15, 0.2) is 30.5 Å². The molecule has 9 heteroatoms. The number of alkyl halides is 3. The molecule has 5 nitrogen and oxygen atoms in total. The first-order chi connectivity index (χ1) is 13.3. The molecule has 3 fully saturated rings. The van der Waals surface area contributed by atoms with Gasteiger partial charge in [-0.25, -0.2) is 4.98 Å². The summed E-state index contributed by atoms with van der Waals surface area (Å²) < 4.78 is 43.2. The number of hydrogen-bond acceptors (Lipinski definition) is 5. The average molecular weight is 411 g/mol. The largest absolute Gasteiger partial charge is 0.445 e. The molecular formula is C19H20F3N3O2S. The van der Waals surface area contributed by atoms with Crippen LogP contribution in [0, 0.1) is 5.92 Å². The van der Waals surface area contributed by atoms with Crippen LogP contribution in [0.4, 0.5) is 13.2 Å². The molecule has 2 aromatic rings. The van der Waals surface area contributed by atoms with Crippen molar-refractivity contribution in [1.82, 2.24) is 15.2 Å². The molecule has 1 N–H and O–H groups in total. The molecule has 28 heavy (non-hydrogen) atoms. The predicted octanol–water partition coefficient (Wildman–Crippen LogP) is 4.17. The van der Waals surface area contributed by atoms with Crippen LogP contribution in [0.25, 0.3) is 0 Å². The van der Waals surface area contributed by atoms with Gasteiger partial charge in [-0.2, -0.15) is 13.2 Å². The fraction of sp³-hybridized carbons (Fsp3) is 0.474. The molecule has 3 aliphatic heterocycles. The average Bonchev–Trinajstić information content (AvgIpc) is 3.14. The van der Waals surface area contributed by atoms with Gasteiger partial charge in [0.05, 0.1) is 6.20 Å². The molecule has 3 saturated heterocycles. The summed E-state index contributed by atoms with van der Waals surface area (Å²) in [4.78, 5) is 18.3. The number of rotatable bonds is 4. The number of halogens is 3. The van der Waals surface area contributed by atoms with E-state index in [1.54, 1.807) is 24.3 Å². The van der Waals surface area contributed by atoms with Crippen LogP contribution in [0.2, 0.25) is 0 Å². The minimum Gasteiger partial charge on any atom is -0.445 e. The van der Waals surface area contributed by atoms with E-state index < -0.39 is 11.2 Å². The van der Waals surface area contributed by atoms with Crippen molar-refractivity contribution in [3.63, 3.8) is 0 Å². The van der Waals surface area contributed by atoms with Crippen molar-refractivity contribution in [3.05, 3.63) is 41.0 Å². The molecular weight excluding hydrogens is 391 g/mol. The molecule has 4 heterocycles. The molecule has 0 spiro atoms. The summed E-state index contributed by atoms with van der Waals surface area (Å²) in [7, 11) is 0. The predicted molar refractivity (Wildman–Crippen MR) is 98.6 cm³/mol. The summed E-state index contributed by atoms with van der Waals surface area (Å²) >= 11 is 0.433. The Morgan fingerprint density at radius 2 is 1.93 bits per heavy atom. The van der Waals surface area contributed by atoms with E-state index in [9.17, 15) is 18.0 Å². The molecule has 5 rings (SSSR count). The van der Waals surface area contributed by atoms with Gasteiger partial charge in [-0.1, -0.05) is 11.3 Å². The first-order valence-corrected chi connectivity index (χ1v) is 9.99. The number of aromatic nitrogens is 1. The van der Waals surface area contributed by atoms with Gasteiger partial charge in [0.2, 0.25) is 10.1 Å². The number of benzene rings is 1. The third-order valence-corrected chi connectivity index (χ3v) is 6.46. The second-order valence-corrected chi connectivity index (χ2v) is 8.22. The van der Waals surface area contributed by atoms with Gasteiger partial charge in [-0.3, -0.25) is 9.69 Å². The quantitative estimate of drug-likeness (QED) is 0.821. The number of piperidine rings is 3. The highest BCUT2D eigenvalue weighted by atomic mass is 32.1. The molecule has 0 unspecified atom stereocenters. The Balaban J connectivity index is 1.39. The molecule has 2 atom stereocenters. The summed E-state index contributed by atoms with van der Waals surface area (Å²) in [5.41, 5.74) is 0.497. The maximum Gasteiger partial charge on any atom is 0.443 e. The number of hydrogen-bond donors (Lipinski definition) is 1. The van der Waals surface area contributed by atoms with Crippen molar-refractivity contribution in [2.24, 2.45) is 5.92 Å². The van der Waals surface area contributed by atoms with E-state index in [-0.39, 0.29) is 17.0 Å². The van der Waals surface area contributed by atoms with Gasteiger partial charge >= 0.3 is 6.18 Å². The second-order valence-electron chi connectivity index (χ2n) is 7.22. The number of nitrogens with one attached hydrogen (secondary N) is 1. The number of ether oxygens (including phenoxy) is 1. The topological polar surface area (TPSA) is 54.5 Å². The minimum atomic E-state index is -4.49. The Labute approximate surface area is 164 Å². The summed E-state index contributed by atoms with van der Waals surface area (Å²) in [5.74, 6) is 0.722. The molecule has 1 aromatic carbocycles. The van der Waals surface area contributed by atoms with Crippen LogP contribution in [0.5, 0.6) is 10.8 Å². The van der Waals surface area contributed by atoms with Crippen LogP contribution >= 0.6 is 11.3 Å². The van der Waals surface area contributed by atoms with Gasteiger partial charge < -0.3 is 10.1 Å². The van der Waals surface area contributed by atoms with Gasteiger partial charge in [0.25, 0.3) is 5.91 Å². The Kier molecular flexibility index (Phi) is 5.05. The Morgan fingerprint density at radius 1 is 1.25 bits per heavy atom. The van der Waals surface area contributed by atoms with Crippen molar-refractivity contribution >= 4 is 17.2 Å². The zero-order chi connectivity index (χ0) is 19.9. The summed E-state index contributed by atoms with van der Waals surface area (Å²) in [6, 6.07) is 6.84. The normalized spacial score (nSPS) is 26.9. The lowest BCUT2D eigenvalue weighted by atomic mass is 9.79. The van der Waals surface area contributed by atoms with Crippen molar-refractivity contribution in [2.45, 2.75) is 38.0 Å². The summed E-state index contributed by atoms with van der Waals surface area (Å²) in [5, 5.41) is 2.24. The standard InChI is InChI=1S/C19H20F3N3O2S/c1-11-16(12-6-8-25(11)9-7-12)24-17(26)13-2-4-14(5-3-13)27-15-10-23-18(28-15)19(20,21)22/h2-5,10-12,16H,6-9H2,1H3,(H,24,26)/t11-,16-/m0/s1. The summed E-state index contributed by atoms with van der Waals surface area (Å²) in [6.07, 6.45) is -1.23. The van der Waals surface area contributed by atoms with Crippen LogP contribution in [-0.2, 0) is 6.18 Å². The van der Waals surface area contributed by atoms with Gasteiger partial charge in [0.1, 0.15) is 5.75 Å². The van der Waals surface area contributed by atoms with Crippen molar-refractivity contribution in [3.8, 4) is 10.8 Å². The zero-order valence-corrected chi connectivity index (χ0v) is 16.0. The highest BCUT2D eigenvalue weighted by molar-refractivity contribution is 7.13. The monoisotopic (exact) mass is 411 g/mol. The van der Waals surface area contributed by atoms with Gasteiger partial charge in [-0.05, 0) is 63.0 Å². The van der Waals surface area contributed by atoms with Crippen molar-refractivity contribution in [1.29, 1.82) is 0 Å². The van der Waals surface area contributed by atoms with Crippen LogP contribution < -0.4 is 10.1 Å². The third-order valence-electron chi connectivity index (χ3n) is 5.54. The Bertz CT molecular complexity index is 843. The molecule has 1 amide bonds. The van der Waals surface area contributed by atoms with E-state index in [2.05, 4.69) is 22.1 Å². The SMILES string of the molecule is C[C@H]1[C@H](NC(=O)c2ccc(Oc3cnc(C(F)(F)F)s3)cc2)C2CCN1CC2. The van der Waals surface area contributed by atoms with E-state index in [1.165, 1.54) is 0 Å². The molecule has 2 bridgehead atoms. The van der Waals surface area contributed by atoms with Crippen molar-refractivity contribution in [2.75, 3.05) is 13.1 Å². The smallest absolute Gasteiger partial charge is 0.443 e. The van der Waals surface area contributed by atoms with Crippen LogP contribution in [-0.4, -0.2) is 41.0 Å². The van der Waals surface area contributed by atoms with Crippen molar-refractivity contribution < 1.29 is 22.7 Å². The van der Waals surface area contributed by atoms with E-state index in [0.717, 1.165) is 32.1 Å². The first-order valence-electron chi connectivity index (χ1n) is 9.17. The second kappa shape index (κ2) is 7.36. The Hall–Kier alpha value is -2.13. The van der Waals surface area contributed by atoms with E-state index in [4.69, 9.17) is 4.74 Å². The fourth-order valence-corrected chi connectivity index (χ4v) is 4.66. The highest BCUT2D eigenvalue weighted by Gasteiger charge is 2.40. The Morgan fingerprint density at radius 3 is 2.50 bits per heavy atom. The van der Waals surface area contributed by atoms with Gasteiger partial charge in [0, 0.05) is 17.6 Å². The number of nitrogens with zero attached hydrogens (tertiary/aromatic N) is 2. The highest BCUT2D eigenvalue weighted by Crippen LogP contribution is 2.37.